The summed E-state index contributed by atoms with van der Waals surface area (Å²) in [7, 11) is 0. The van der Waals surface area contributed by atoms with Crippen LogP contribution in [0.4, 0.5) is 0 Å². The highest BCUT2D eigenvalue weighted by molar-refractivity contribution is 9.10. The van der Waals surface area contributed by atoms with Gasteiger partial charge in [0.2, 0.25) is 5.91 Å². The molecule has 0 atom stereocenters. The summed E-state index contributed by atoms with van der Waals surface area (Å²) in [5.74, 6) is -0.887. The predicted molar refractivity (Wildman–Crippen MR) is 95.2 cm³/mol. The summed E-state index contributed by atoms with van der Waals surface area (Å²) in [5.41, 5.74) is 1.82. The van der Waals surface area contributed by atoms with Crippen LogP contribution in [0.3, 0.4) is 0 Å². The molecule has 3 rings (SSSR count). The van der Waals surface area contributed by atoms with Crippen LogP contribution in [0, 0.1) is 0 Å². The minimum absolute atomic E-state index is 0.0509. The lowest BCUT2D eigenvalue weighted by atomic mass is 9.95. The molecular formula is C19H18BrNO3. The van der Waals surface area contributed by atoms with Gasteiger partial charge in [0.05, 0.1) is 11.0 Å². The highest BCUT2D eigenvalue weighted by Crippen LogP contribution is 2.48. The summed E-state index contributed by atoms with van der Waals surface area (Å²) < 4.78 is 0.976. The van der Waals surface area contributed by atoms with E-state index in [1.54, 1.807) is 18.2 Å². The number of halogens is 1. The van der Waals surface area contributed by atoms with Crippen molar-refractivity contribution in [2.45, 2.75) is 24.7 Å². The standard InChI is InChI=1S/C19H18BrNO3/c20-16-6-2-5-15(12-16)19(8-9-19)18(24)21-10-7-13-3-1-4-14(11-13)17(22)23/h1-6,11-12H,7-10H2,(H,21,24)(H,22,23). The molecule has 1 fully saturated rings. The molecule has 0 spiro atoms. The molecule has 1 saturated carbocycles. The van der Waals surface area contributed by atoms with Gasteiger partial charge < -0.3 is 10.4 Å². The lowest BCUT2D eigenvalue weighted by molar-refractivity contribution is -0.123. The van der Waals surface area contributed by atoms with Gasteiger partial charge in [0.15, 0.2) is 0 Å². The van der Waals surface area contributed by atoms with Crippen molar-refractivity contribution in [1.82, 2.24) is 5.32 Å². The molecule has 124 valence electrons. The van der Waals surface area contributed by atoms with E-state index in [0.717, 1.165) is 28.4 Å². The van der Waals surface area contributed by atoms with Gasteiger partial charge in [-0.1, -0.05) is 40.2 Å². The smallest absolute Gasteiger partial charge is 0.335 e. The van der Waals surface area contributed by atoms with E-state index >= 15 is 0 Å². The van der Waals surface area contributed by atoms with Crippen molar-refractivity contribution in [3.8, 4) is 0 Å². The number of benzene rings is 2. The predicted octanol–water partition coefficient (Wildman–Crippen LogP) is 3.54. The molecule has 0 aromatic heterocycles. The summed E-state index contributed by atoms with van der Waals surface area (Å²) in [6, 6.07) is 14.7. The van der Waals surface area contributed by atoms with E-state index in [4.69, 9.17) is 5.11 Å². The van der Waals surface area contributed by atoms with Crippen LogP contribution in [0.2, 0.25) is 0 Å². The maximum absolute atomic E-state index is 12.6. The van der Waals surface area contributed by atoms with E-state index in [1.165, 1.54) is 0 Å². The largest absolute Gasteiger partial charge is 0.478 e. The fourth-order valence-electron chi connectivity index (χ4n) is 2.91. The topological polar surface area (TPSA) is 66.4 Å². The van der Waals surface area contributed by atoms with Crippen molar-refractivity contribution >= 4 is 27.8 Å². The van der Waals surface area contributed by atoms with Gasteiger partial charge in [0.1, 0.15) is 0 Å². The highest BCUT2D eigenvalue weighted by Gasteiger charge is 2.51. The Morgan fingerprint density at radius 1 is 1.12 bits per heavy atom. The molecule has 5 heteroatoms. The maximum atomic E-state index is 12.6. The number of carboxylic acids is 1. The minimum Gasteiger partial charge on any atom is -0.478 e. The number of rotatable bonds is 6. The number of aromatic carboxylic acids is 1. The van der Waals surface area contributed by atoms with E-state index in [-0.39, 0.29) is 11.5 Å². The maximum Gasteiger partial charge on any atom is 0.335 e. The molecular weight excluding hydrogens is 370 g/mol. The van der Waals surface area contributed by atoms with Crippen LogP contribution in [-0.4, -0.2) is 23.5 Å². The van der Waals surface area contributed by atoms with Crippen LogP contribution >= 0.6 is 15.9 Å². The Morgan fingerprint density at radius 2 is 1.88 bits per heavy atom. The Hall–Kier alpha value is -2.14. The van der Waals surface area contributed by atoms with Crippen LogP contribution < -0.4 is 5.32 Å². The average Bonchev–Trinajstić information content (AvgIpc) is 3.37. The van der Waals surface area contributed by atoms with Crippen LogP contribution in [0.1, 0.15) is 34.3 Å². The first-order chi connectivity index (χ1) is 11.5. The third-order valence-corrected chi connectivity index (χ3v) is 4.93. The van der Waals surface area contributed by atoms with Gasteiger partial charge in [0, 0.05) is 11.0 Å². The van der Waals surface area contributed by atoms with E-state index in [9.17, 15) is 9.59 Å². The Labute approximate surface area is 149 Å². The SMILES string of the molecule is O=C(O)c1cccc(CCNC(=O)C2(c3cccc(Br)c3)CC2)c1. The highest BCUT2D eigenvalue weighted by atomic mass is 79.9. The van der Waals surface area contributed by atoms with Crippen molar-refractivity contribution in [2.75, 3.05) is 6.54 Å². The van der Waals surface area contributed by atoms with Crippen LogP contribution in [0.25, 0.3) is 0 Å². The summed E-state index contributed by atoms with van der Waals surface area (Å²) >= 11 is 3.45. The molecule has 0 radical (unpaired) electrons. The molecule has 1 amide bonds. The first-order valence-electron chi connectivity index (χ1n) is 7.88. The monoisotopic (exact) mass is 387 g/mol. The van der Waals surface area contributed by atoms with Crippen molar-refractivity contribution in [1.29, 1.82) is 0 Å². The summed E-state index contributed by atoms with van der Waals surface area (Å²) in [5, 5.41) is 12.0. The number of amides is 1. The molecule has 2 N–H and O–H groups in total. The summed E-state index contributed by atoms with van der Waals surface area (Å²) in [6.45, 7) is 0.498. The molecule has 1 aliphatic rings. The fraction of sp³-hybridized carbons (Fsp3) is 0.263. The molecule has 0 heterocycles. The third kappa shape index (κ3) is 3.51. The quantitative estimate of drug-likeness (QED) is 0.796. The Kier molecular flexibility index (Phi) is 4.71. The van der Waals surface area contributed by atoms with Crippen LogP contribution in [0.15, 0.2) is 53.0 Å². The van der Waals surface area contributed by atoms with Crippen LogP contribution in [-0.2, 0) is 16.6 Å². The molecule has 0 unspecified atom stereocenters. The van der Waals surface area contributed by atoms with Crippen molar-refractivity contribution < 1.29 is 14.7 Å². The van der Waals surface area contributed by atoms with Gasteiger partial charge in [-0.3, -0.25) is 4.79 Å². The number of hydrogen-bond donors (Lipinski definition) is 2. The van der Waals surface area contributed by atoms with Crippen molar-refractivity contribution in [2.24, 2.45) is 0 Å². The second-order valence-electron chi connectivity index (χ2n) is 6.10. The molecule has 1 aliphatic carbocycles. The molecule has 0 saturated heterocycles. The number of carbonyl (C=O) groups excluding carboxylic acids is 1. The lowest BCUT2D eigenvalue weighted by Gasteiger charge is -2.16. The van der Waals surface area contributed by atoms with E-state index in [2.05, 4.69) is 21.2 Å². The van der Waals surface area contributed by atoms with E-state index in [1.807, 2.05) is 30.3 Å². The molecule has 4 nitrogen and oxygen atoms in total. The van der Waals surface area contributed by atoms with Gasteiger partial charge in [-0.2, -0.15) is 0 Å². The normalized spacial score (nSPS) is 14.9. The second-order valence-corrected chi connectivity index (χ2v) is 7.02. The lowest BCUT2D eigenvalue weighted by Crippen LogP contribution is -2.35. The fourth-order valence-corrected chi connectivity index (χ4v) is 3.31. The van der Waals surface area contributed by atoms with Gasteiger partial charge in [-0.15, -0.1) is 0 Å². The number of carbonyl (C=O) groups is 2. The first kappa shape index (κ1) is 16.7. The first-order valence-corrected chi connectivity index (χ1v) is 8.67. The number of carboxylic acid groups (broad SMARTS) is 1. The average molecular weight is 388 g/mol. The number of hydrogen-bond acceptors (Lipinski definition) is 2. The number of nitrogens with one attached hydrogen (secondary N) is 1. The zero-order valence-electron chi connectivity index (χ0n) is 13.1. The Balaban J connectivity index is 1.60. The van der Waals surface area contributed by atoms with Crippen LogP contribution in [0.5, 0.6) is 0 Å². The van der Waals surface area contributed by atoms with Crippen molar-refractivity contribution in [3.63, 3.8) is 0 Å². The molecule has 24 heavy (non-hydrogen) atoms. The zero-order chi connectivity index (χ0) is 17.2. The summed E-state index contributed by atoms with van der Waals surface area (Å²) in [6.07, 6.45) is 2.34. The van der Waals surface area contributed by atoms with Crippen molar-refractivity contribution in [3.05, 3.63) is 69.7 Å². The van der Waals surface area contributed by atoms with Gasteiger partial charge >= 0.3 is 5.97 Å². The summed E-state index contributed by atoms with van der Waals surface area (Å²) in [4.78, 5) is 23.6. The van der Waals surface area contributed by atoms with E-state index < -0.39 is 11.4 Å². The van der Waals surface area contributed by atoms with E-state index in [0.29, 0.717) is 13.0 Å². The molecule has 2 aromatic rings. The minimum atomic E-state index is -0.938. The third-order valence-electron chi connectivity index (χ3n) is 4.44. The molecule has 0 aliphatic heterocycles. The van der Waals surface area contributed by atoms with Gasteiger partial charge in [-0.05, 0) is 54.7 Å². The molecule has 2 aromatic carbocycles. The second kappa shape index (κ2) is 6.77. The zero-order valence-corrected chi connectivity index (χ0v) is 14.7. The van der Waals surface area contributed by atoms with Gasteiger partial charge in [-0.25, -0.2) is 4.79 Å². The Bertz CT molecular complexity index is 784. The molecule has 0 bridgehead atoms. The van der Waals surface area contributed by atoms with Gasteiger partial charge in [0.25, 0.3) is 0 Å². The Morgan fingerprint density at radius 3 is 2.54 bits per heavy atom.